The van der Waals surface area contributed by atoms with Crippen LogP contribution in [0.5, 0.6) is 5.75 Å². The number of benzene rings is 1. The number of para-hydroxylation sites is 1. The lowest BCUT2D eigenvalue weighted by atomic mass is 10.1. The molecule has 2 aromatic rings. The van der Waals surface area contributed by atoms with Crippen molar-refractivity contribution >= 4 is 0 Å². The molecule has 7 nitrogen and oxygen atoms in total. The minimum atomic E-state index is 0.185. The summed E-state index contributed by atoms with van der Waals surface area (Å²) >= 11 is 0. The van der Waals surface area contributed by atoms with E-state index in [1.807, 2.05) is 6.07 Å². The van der Waals surface area contributed by atoms with Crippen molar-refractivity contribution < 1.29 is 18.7 Å². The molecule has 154 valence electrons. The number of ether oxygens (including phenoxy) is 3. The second-order valence-electron chi connectivity index (χ2n) is 7.41. The van der Waals surface area contributed by atoms with Gasteiger partial charge in [-0.3, -0.25) is 4.90 Å². The zero-order valence-corrected chi connectivity index (χ0v) is 17.1. The predicted octanol–water partition coefficient (Wildman–Crippen LogP) is 3.23. The maximum absolute atomic E-state index is 6.03. The van der Waals surface area contributed by atoms with E-state index in [0.717, 1.165) is 38.2 Å². The molecule has 7 heteroatoms. The van der Waals surface area contributed by atoms with Crippen LogP contribution >= 0.6 is 0 Å². The van der Waals surface area contributed by atoms with Crippen molar-refractivity contribution in [3.05, 3.63) is 41.5 Å². The van der Waals surface area contributed by atoms with Gasteiger partial charge in [0.25, 0.3) is 5.89 Å². The number of rotatable bonds is 10. The molecule has 1 aliphatic heterocycles. The number of hydrogen-bond donors (Lipinski definition) is 0. The Bertz CT molecular complexity index is 711. The summed E-state index contributed by atoms with van der Waals surface area (Å²) in [5, 5.41) is 3.94. The minimum absolute atomic E-state index is 0.185. The SMILES string of the molecule is COCc1nc(CCOC2CCN(Cc3ccccc3OC(C)C)CC2)no1. The lowest BCUT2D eigenvalue weighted by Crippen LogP contribution is -2.37. The van der Waals surface area contributed by atoms with Gasteiger partial charge < -0.3 is 18.7 Å². The minimum Gasteiger partial charge on any atom is -0.491 e. The lowest BCUT2D eigenvalue weighted by molar-refractivity contribution is 0.00659. The normalized spacial score (nSPS) is 16.0. The molecule has 1 saturated heterocycles. The van der Waals surface area contributed by atoms with Gasteiger partial charge in [0, 0.05) is 38.7 Å². The molecule has 0 atom stereocenters. The van der Waals surface area contributed by atoms with Crippen LogP contribution in [0.25, 0.3) is 0 Å². The van der Waals surface area contributed by atoms with Crippen molar-refractivity contribution in [3.63, 3.8) is 0 Å². The first kappa shape index (κ1) is 20.8. The molecule has 2 heterocycles. The summed E-state index contributed by atoms with van der Waals surface area (Å²) in [5.41, 5.74) is 1.25. The van der Waals surface area contributed by atoms with Crippen LogP contribution in [0.1, 0.15) is 44.0 Å². The molecule has 0 aliphatic carbocycles. The van der Waals surface area contributed by atoms with Gasteiger partial charge in [0.1, 0.15) is 12.4 Å². The van der Waals surface area contributed by atoms with Crippen LogP contribution < -0.4 is 4.74 Å². The number of methoxy groups -OCH3 is 1. The summed E-state index contributed by atoms with van der Waals surface area (Å²) in [6, 6.07) is 8.32. The van der Waals surface area contributed by atoms with Crippen molar-refractivity contribution in [2.24, 2.45) is 0 Å². The van der Waals surface area contributed by atoms with E-state index in [2.05, 4.69) is 47.1 Å². The van der Waals surface area contributed by atoms with Gasteiger partial charge in [-0.15, -0.1) is 0 Å². The van der Waals surface area contributed by atoms with E-state index in [1.54, 1.807) is 7.11 Å². The zero-order chi connectivity index (χ0) is 19.8. The van der Waals surface area contributed by atoms with Crippen LogP contribution in [-0.4, -0.2) is 54.1 Å². The van der Waals surface area contributed by atoms with E-state index < -0.39 is 0 Å². The molecule has 0 N–H and O–H groups in total. The summed E-state index contributed by atoms with van der Waals surface area (Å²) in [6.07, 6.45) is 3.21. The van der Waals surface area contributed by atoms with Gasteiger partial charge in [0.2, 0.25) is 0 Å². The highest BCUT2D eigenvalue weighted by molar-refractivity contribution is 5.33. The molecule has 28 heavy (non-hydrogen) atoms. The molecule has 0 saturated carbocycles. The van der Waals surface area contributed by atoms with E-state index >= 15 is 0 Å². The fourth-order valence-corrected chi connectivity index (χ4v) is 3.37. The van der Waals surface area contributed by atoms with Crippen LogP contribution in [0, 0.1) is 0 Å². The number of piperidine rings is 1. The van der Waals surface area contributed by atoms with E-state index in [9.17, 15) is 0 Å². The third-order valence-corrected chi connectivity index (χ3v) is 4.72. The van der Waals surface area contributed by atoms with Crippen LogP contribution in [-0.2, 0) is 29.0 Å². The number of aromatic nitrogens is 2. The monoisotopic (exact) mass is 389 g/mol. The molecule has 1 aromatic heterocycles. The van der Waals surface area contributed by atoms with Crippen molar-refractivity contribution in [1.29, 1.82) is 0 Å². The summed E-state index contributed by atoms with van der Waals surface area (Å²) in [4.78, 5) is 6.74. The van der Waals surface area contributed by atoms with Gasteiger partial charge >= 0.3 is 0 Å². The highest BCUT2D eigenvalue weighted by Crippen LogP contribution is 2.23. The Morgan fingerprint density at radius 3 is 2.75 bits per heavy atom. The summed E-state index contributed by atoms with van der Waals surface area (Å²) < 4.78 is 22.0. The van der Waals surface area contributed by atoms with Crippen molar-refractivity contribution in [3.8, 4) is 5.75 Å². The third-order valence-electron chi connectivity index (χ3n) is 4.72. The van der Waals surface area contributed by atoms with Gasteiger partial charge in [-0.05, 0) is 32.8 Å². The highest BCUT2D eigenvalue weighted by atomic mass is 16.5. The summed E-state index contributed by atoms with van der Waals surface area (Å²) in [5.74, 6) is 2.17. The van der Waals surface area contributed by atoms with Crippen LogP contribution in [0.15, 0.2) is 28.8 Å². The lowest BCUT2D eigenvalue weighted by Gasteiger charge is -2.32. The first-order chi connectivity index (χ1) is 13.6. The van der Waals surface area contributed by atoms with Gasteiger partial charge in [-0.25, -0.2) is 0 Å². The third kappa shape index (κ3) is 6.29. The van der Waals surface area contributed by atoms with Gasteiger partial charge in [-0.1, -0.05) is 23.4 Å². The average Bonchev–Trinajstić information content (AvgIpc) is 3.12. The largest absolute Gasteiger partial charge is 0.491 e. The van der Waals surface area contributed by atoms with Crippen molar-refractivity contribution in [2.75, 3.05) is 26.8 Å². The molecular formula is C21H31N3O4. The quantitative estimate of drug-likeness (QED) is 0.618. The Morgan fingerprint density at radius 1 is 1.21 bits per heavy atom. The molecule has 0 amide bonds. The maximum atomic E-state index is 6.03. The summed E-state index contributed by atoms with van der Waals surface area (Å²) in [6.45, 7) is 8.06. The topological polar surface area (TPSA) is 69.9 Å². The highest BCUT2D eigenvalue weighted by Gasteiger charge is 2.21. The maximum Gasteiger partial charge on any atom is 0.252 e. The summed E-state index contributed by atoms with van der Waals surface area (Å²) in [7, 11) is 1.61. The second-order valence-corrected chi connectivity index (χ2v) is 7.41. The number of hydrogen-bond acceptors (Lipinski definition) is 7. The van der Waals surface area contributed by atoms with E-state index in [1.165, 1.54) is 5.56 Å². The Hall–Kier alpha value is -1.96. The zero-order valence-electron chi connectivity index (χ0n) is 17.1. The predicted molar refractivity (Wildman–Crippen MR) is 105 cm³/mol. The standard InChI is InChI=1S/C21H31N3O4/c1-16(2)27-19-7-5-4-6-17(19)14-24-11-8-18(9-12-24)26-13-10-20-22-21(15-25-3)28-23-20/h4-7,16,18H,8-15H2,1-3H3. The fourth-order valence-electron chi connectivity index (χ4n) is 3.37. The van der Waals surface area contributed by atoms with E-state index in [0.29, 0.717) is 37.5 Å². The molecule has 3 rings (SSSR count). The van der Waals surface area contributed by atoms with E-state index in [-0.39, 0.29) is 6.10 Å². The molecule has 1 fully saturated rings. The average molecular weight is 389 g/mol. The first-order valence-electron chi connectivity index (χ1n) is 10.0. The van der Waals surface area contributed by atoms with Gasteiger partial charge in [-0.2, -0.15) is 4.98 Å². The molecule has 0 radical (unpaired) electrons. The van der Waals surface area contributed by atoms with E-state index in [4.69, 9.17) is 18.7 Å². The molecule has 1 aromatic carbocycles. The smallest absolute Gasteiger partial charge is 0.252 e. The molecule has 0 spiro atoms. The van der Waals surface area contributed by atoms with Crippen molar-refractivity contribution in [1.82, 2.24) is 15.0 Å². The molecule has 0 unspecified atom stereocenters. The number of nitrogens with zero attached hydrogens (tertiary/aromatic N) is 3. The van der Waals surface area contributed by atoms with Gasteiger partial charge in [0.05, 0.1) is 18.8 Å². The van der Waals surface area contributed by atoms with Crippen LogP contribution in [0.4, 0.5) is 0 Å². The number of likely N-dealkylation sites (tertiary alicyclic amines) is 1. The molecule has 0 bridgehead atoms. The van der Waals surface area contributed by atoms with Crippen LogP contribution in [0.3, 0.4) is 0 Å². The molecule has 1 aliphatic rings. The Morgan fingerprint density at radius 2 is 2.00 bits per heavy atom. The Kier molecular flexibility index (Phi) is 7.82. The Balaban J connectivity index is 1.39. The fraction of sp³-hybridized carbons (Fsp3) is 0.619. The Labute approximate surface area is 167 Å². The first-order valence-corrected chi connectivity index (χ1v) is 10.0. The van der Waals surface area contributed by atoms with Crippen molar-refractivity contribution in [2.45, 2.75) is 58.5 Å². The molecular weight excluding hydrogens is 358 g/mol. The van der Waals surface area contributed by atoms with Crippen LogP contribution in [0.2, 0.25) is 0 Å². The second kappa shape index (κ2) is 10.5. The van der Waals surface area contributed by atoms with Gasteiger partial charge in [0.15, 0.2) is 5.82 Å².